The molecule has 122 valence electrons. The topological polar surface area (TPSA) is 64.9 Å². The highest BCUT2D eigenvalue weighted by Gasteiger charge is 2.19. The van der Waals surface area contributed by atoms with Gasteiger partial charge < -0.3 is 10.1 Å². The average Bonchev–Trinajstić information content (AvgIpc) is 3.29. The van der Waals surface area contributed by atoms with E-state index < -0.39 is 0 Å². The minimum absolute atomic E-state index is 0.425. The number of nitrogens with zero attached hydrogens (tertiary/aromatic N) is 4. The summed E-state index contributed by atoms with van der Waals surface area (Å²) in [6, 6.07) is 12.0. The lowest BCUT2D eigenvalue weighted by atomic mass is 10.00. The third-order valence-electron chi connectivity index (χ3n) is 4.27. The molecule has 1 aliphatic heterocycles. The number of hydrogen-bond donors (Lipinski definition) is 1. The van der Waals surface area contributed by atoms with Crippen LogP contribution in [-0.2, 0) is 4.74 Å². The lowest BCUT2D eigenvalue weighted by Crippen LogP contribution is -2.03. The molecular formula is C18H19N5O. The molecule has 0 bridgehead atoms. The van der Waals surface area contributed by atoms with Crippen LogP contribution < -0.4 is 5.32 Å². The first-order valence-electron chi connectivity index (χ1n) is 8.08. The number of pyridine rings is 1. The molecule has 6 nitrogen and oxygen atoms in total. The summed E-state index contributed by atoms with van der Waals surface area (Å²) < 4.78 is 7.23. The molecular weight excluding hydrogens is 302 g/mol. The SMILES string of the molecule is Cc1ncc([C@@H]2CCOC2)cc1Nc1ncn(-c2ccccc2)n1. The number of aryl methyl sites for hydroxylation is 1. The number of anilines is 2. The normalized spacial score (nSPS) is 17.1. The van der Waals surface area contributed by atoms with Crippen molar-refractivity contribution in [2.24, 2.45) is 0 Å². The molecule has 6 heteroatoms. The van der Waals surface area contributed by atoms with E-state index >= 15 is 0 Å². The zero-order valence-corrected chi connectivity index (χ0v) is 13.5. The molecule has 24 heavy (non-hydrogen) atoms. The number of para-hydroxylation sites is 1. The van der Waals surface area contributed by atoms with Gasteiger partial charge in [0, 0.05) is 18.7 Å². The molecule has 0 amide bonds. The van der Waals surface area contributed by atoms with E-state index in [0.29, 0.717) is 11.9 Å². The van der Waals surface area contributed by atoms with Crippen LogP contribution in [0.3, 0.4) is 0 Å². The van der Waals surface area contributed by atoms with E-state index in [9.17, 15) is 0 Å². The molecule has 4 rings (SSSR count). The molecule has 1 fully saturated rings. The summed E-state index contributed by atoms with van der Waals surface area (Å²) in [4.78, 5) is 8.85. The van der Waals surface area contributed by atoms with Crippen LogP contribution in [0.4, 0.5) is 11.6 Å². The van der Waals surface area contributed by atoms with Gasteiger partial charge in [0.25, 0.3) is 0 Å². The highest BCUT2D eigenvalue weighted by atomic mass is 16.5. The molecule has 1 aliphatic rings. The van der Waals surface area contributed by atoms with Crippen LogP contribution in [0.25, 0.3) is 5.69 Å². The first-order chi connectivity index (χ1) is 11.8. The summed E-state index contributed by atoms with van der Waals surface area (Å²) in [6.07, 6.45) is 4.69. The minimum Gasteiger partial charge on any atom is -0.381 e. The Morgan fingerprint density at radius 3 is 2.88 bits per heavy atom. The summed E-state index contributed by atoms with van der Waals surface area (Å²) in [5.41, 5.74) is 4.03. The second-order valence-electron chi connectivity index (χ2n) is 5.94. The van der Waals surface area contributed by atoms with Gasteiger partial charge in [0.1, 0.15) is 6.33 Å². The van der Waals surface area contributed by atoms with Gasteiger partial charge in [-0.1, -0.05) is 18.2 Å². The van der Waals surface area contributed by atoms with Crippen molar-refractivity contribution in [1.82, 2.24) is 19.7 Å². The molecule has 0 unspecified atom stereocenters. The van der Waals surface area contributed by atoms with E-state index in [1.54, 1.807) is 11.0 Å². The van der Waals surface area contributed by atoms with Crippen molar-refractivity contribution in [2.45, 2.75) is 19.3 Å². The number of nitrogens with one attached hydrogen (secondary N) is 1. The number of hydrogen-bond acceptors (Lipinski definition) is 5. The van der Waals surface area contributed by atoms with E-state index in [1.807, 2.05) is 43.5 Å². The standard InChI is InChI=1S/C18H19N5O/c1-13-17(9-15(10-19-13)14-7-8-24-11-14)21-18-20-12-23(22-18)16-5-3-2-4-6-16/h2-6,9-10,12,14H,7-8,11H2,1H3,(H,21,22)/t14-/m1/s1. The Labute approximate surface area is 140 Å². The Kier molecular flexibility index (Phi) is 3.96. The van der Waals surface area contributed by atoms with Crippen molar-refractivity contribution in [2.75, 3.05) is 18.5 Å². The van der Waals surface area contributed by atoms with Crippen molar-refractivity contribution in [1.29, 1.82) is 0 Å². The molecule has 1 saturated heterocycles. The van der Waals surface area contributed by atoms with Gasteiger partial charge in [-0.3, -0.25) is 4.98 Å². The monoisotopic (exact) mass is 321 g/mol. The van der Waals surface area contributed by atoms with Crippen molar-refractivity contribution in [3.63, 3.8) is 0 Å². The summed E-state index contributed by atoms with van der Waals surface area (Å²) in [5, 5.41) is 7.77. The maximum absolute atomic E-state index is 5.48. The summed E-state index contributed by atoms with van der Waals surface area (Å²) >= 11 is 0. The highest BCUT2D eigenvalue weighted by Crippen LogP contribution is 2.28. The largest absolute Gasteiger partial charge is 0.381 e. The van der Waals surface area contributed by atoms with Crippen molar-refractivity contribution in [3.8, 4) is 5.69 Å². The molecule has 1 atom stereocenters. The molecule has 3 heterocycles. The Hall–Kier alpha value is -2.73. The fourth-order valence-electron chi connectivity index (χ4n) is 2.84. The third kappa shape index (κ3) is 3.00. The Balaban J connectivity index is 1.57. The van der Waals surface area contributed by atoms with Crippen LogP contribution >= 0.6 is 0 Å². The molecule has 0 spiro atoms. The second kappa shape index (κ2) is 6.41. The molecule has 0 saturated carbocycles. The maximum atomic E-state index is 5.48. The van der Waals surface area contributed by atoms with Gasteiger partial charge in [0.2, 0.25) is 5.95 Å². The minimum atomic E-state index is 0.425. The predicted octanol–water partition coefficient (Wildman–Crippen LogP) is 3.22. The second-order valence-corrected chi connectivity index (χ2v) is 5.94. The first-order valence-corrected chi connectivity index (χ1v) is 8.08. The zero-order valence-electron chi connectivity index (χ0n) is 13.5. The summed E-state index contributed by atoms with van der Waals surface area (Å²) in [6.45, 7) is 3.57. The van der Waals surface area contributed by atoms with Crippen molar-refractivity contribution >= 4 is 11.6 Å². The smallest absolute Gasteiger partial charge is 0.247 e. The van der Waals surface area contributed by atoms with Gasteiger partial charge in [-0.25, -0.2) is 4.68 Å². The zero-order chi connectivity index (χ0) is 16.4. The maximum Gasteiger partial charge on any atom is 0.247 e. The predicted molar refractivity (Wildman–Crippen MR) is 91.8 cm³/mol. The van der Waals surface area contributed by atoms with Crippen molar-refractivity contribution < 1.29 is 4.74 Å². The van der Waals surface area contributed by atoms with Gasteiger partial charge >= 0.3 is 0 Å². The number of rotatable bonds is 4. The Morgan fingerprint density at radius 1 is 1.21 bits per heavy atom. The van der Waals surface area contributed by atoms with Crippen LogP contribution in [0, 0.1) is 6.92 Å². The first kappa shape index (κ1) is 14.8. The molecule has 2 aromatic heterocycles. The van der Waals surface area contributed by atoms with Crippen LogP contribution in [0.15, 0.2) is 48.9 Å². The number of benzene rings is 1. The van der Waals surface area contributed by atoms with E-state index in [1.165, 1.54) is 5.56 Å². The lowest BCUT2D eigenvalue weighted by Gasteiger charge is -2.12. The quantitative estimate of drug-likeness (QED) is 0.799. The molecule has 1 N–H and O–H groups in total. The number of aromatic nitrogens is 4. The van der Waals surface area contributed by atoms with Crippen LogP contribution in [-0.4, -0.2) is 33.0 Å². The van der Waals surface area contributed by atoms with Gasteiger partial charge in [0.05, 0.1) is 23.7 Å². The van der Waals surface area contributed by atoms with E-state index in [-0.39, 0.29) is 0 Å². The third-order valence-corrected chi connectivity index (χ3v) is 4.27. The van der Waals surface area contributed by atoms with Crippen LogP contribution in [0.1, 0.15) is 23.6 Å². The molecule has 3 aromatic rings. The fraction of sp³-hybridized carbons (Fsp3) is 0.278. The summed E-state index contributed by atoms with van der Waals surface area (Å²) in [5.74, 6) is 0.983. The van der Waals surface area contributed by atoms with Crippen LogP contribution in [0.2, 0.25) is 0 Å². The van der Waals surface area contributed by atoms with Gasteiger partial charge in [-0.05, 0) is 37.1 Å². The van der Waals surface area contributed by atoms with Gasteiger partial charge in [0.15, 0.2) is 0 Å². The van der Waals surface area contributed by atoms with Crippen molar-refractivity contribution in [3.05, 3.63) is 60.2 Å². The van der Waals surface area contributed by atoms with Gasteiger partial charge in [-0.15, -0.1) is 5.10 Å². The van der Waals surface area contributed by atoms with Crippen LogP contribution in [0.5, 0.6) is 0 Å². The average molecular weight is 321 g/mol. The summed E-state index contributed by atoms with van der Waals surface area (Å²) in [7, 11) is 0. The molecule has 0 radical (unpaired) electrons. The Morgan fingerprint density at radius 2 is 2.08 bits per heavy atom. The molecule has 0 aliphatic carbocycles. The lowest BCUT2D eigenvalue weighted by molar-refractivity contribution is 0.194. The van der Waals surface area contributed by atoms with Gasteiger partial charge in [-0.2, -0.15) is 4.98 Å². The van der Waals surface area contributed by atoms with E-state index in [2.05, 4.69) is 26.4 Å². The number of ether oxygens (including phenoxy) is 1. The highest BCUT2D eigenvalue weighted by molar-refractivity contribution is 5.57. The van der Waals surface area contributed by atoms with E-state index in [0.717, 1.165) is 36.7 Å². The fourth-order valence-corrected chi connectivity index (χ4v) is 2.84. The van der Waals surface area contributed by atoms with E-state index in [4.69, 9.17) is 4.74 Å². The Bertz CT molecular complexity index is 824. The molecule has 1 aromatic carbocycles.